The highest BCUT2D eigenvalue weighted by Crippen LogP contribution is 2.27. The Morgan fingerprint density at radius 2 is 1.76 bits per heavy atom. The first kappa shape index (κ1) is 17.7. The molecule has 0 aromatic heterocycles. The van der Waals surface area contributed by atoms with Crippen LogP contribution in [0.3, 0.4) is 0 Å². The number of esters is 1. The van der Waals surface area contributed by atoms with Gasteiger partial charge in [0.15, 0.2) is 0 Å². The van der Waals surface area contributed by atoms with E-state index in [0.29, 0.717) is 12.5 Å². The van der Waals surface area contributed by atoms with E-state index < -0.39 is 0 Å². The van der Waals surface area contributed by atoms with Crippen LogP contribution in [-0.2, 0) is 9.53 Å². The van der Waals surface area contributed by atoms with E-state index in [9.17, 15) is 4.79 Å². The van der Waals surface area contributed by atoms with Crippen LogP contribution in [0.1, 0.15) is 53.1 Å². The summed E-state index contributed by atoms with van der Waals surface area (Å²) in [5, 5.41) is 3.52. The lowest BCUT2D eigenvalue weighted by molar-refractivity contribution is -0.149. The molecular weight excluding hydrogens is 262 g/mol. The van der Waals surface area contributed by atoms with Crippen molar-refractivity contribution in [2.45, 2.75) is 53.6 Å². The number of hydrogen-bond donors (Lipinski definition) is 1. The number of hydrogen-bond acceptors (Lipinski definition) is 3. The molecule has 0 saturated heterocycles. The van der Waals surface area contributed by atoms with Gasteiger partial charge in [-0.15, -0.1) is 0 Å². The standard InChI is InChI=1S/C18H29NO2/c1-7-21-17(20)16(18(4,5)6)19-15(13(2)3)14-11-9-8-10-12-14/h8-13,15-16,19H,7H2,1-6H3/t15-,16+/m0/s1. The molecule has 2 atom stereocenters. The maximum Gasteiger partial charge on any atom is 0.323 e. The number of rotatable bonds is 6. The van der Waals surface area contributed by atoms with Crippen LogP contribution in [0.2, 0.25) is 0 Å². The first-order chi connectivity index (χ1) is 9.77. The molecule has 118 valence electrons. The van der Waals surface area contributed by atoms with Crippen LogP contribution < -0.4 is 5.32 Å². The number of nitrogens with one attached hydrogen (secondary N) is 1. The van der Waals surface area contributed by atoms with Crippen molar-refractivity contribution in [2.75, 3.05) is 6.61 Å². The van der Waals surface area contributed by atoms with E-state index in [-0.39, 0.29) is 23.5 Å². The maximum atomic E-state index is 12.3. The Kier molecular flexibility index (Phi) is 6.41. The minimum Gasteiger partial charge on any atom is -0.465 e. The van der Waals surface area contributed by atoms with E-state index in [1.165, 1.54) is 5.56 Å². The van der Waals surface area contributed by atoms with Crippen molar-refractivity contribution < 1.29 is 9.53 Å². The molecule has 3 heteroatoms. The molecule has 0 fully saturated rings. The van der Waals surface area contributed by atoms with Gasteiger partial charge < -0.3 is 4.74 Å². The molecule has 1 aromatic rings. The second kappa shape index (κ2) is 7.60. The van der Waals surface area contributed by atoms with Crippen LogP contribution in [0.15, 0.2) is 30.3 Å². The Labute approximate surface area is 129 Å². The molecular formula is C18H29NO2. The molecule has 0 radical (unpaired) electrons. The van der Waals surface area contributed by atoms with Crippen LogP contribution in [0, 0.1) is 11.3 Å². The number of benzene rings is 1. The van der Waals surface area contributed by atoms with E-state index in [0.717, 1.165) is 0 Å². The van der Waals surface area contributed by atoms with Crippen LogP contribution in [0.4, 0.5) is 0 Å². The largest absolute Gasteiger partial charge is 0.465 e. The summed E-state index contributed by atoms with van der Waals surface area (Å²) in [5.74, 6) is 0.207. The third-order valence-corrected chi connectivity index (χ3v) is 3.56. The highest BCUT2D eigenvalue weighted by Gasteiger charge is 2.35. The highest BCUT2D eigenvalue weighted by molar-refractivity contribution is 5.76. The van der Waals surface area contributed by atoms with Gasteiger partial charge in [0.2, 0.25) is 0 Å². The first-order valence-electron chi connectivity index (χ1n) is 7.75. The van der Waals surface area contributed by atoms with Crippen LogP contribution in [0.5, 0.6) is 0 Å². The van der Waals surface area contributed by atoms with Gasteiger partial charge in [0, 0.05) is 6.04 Å². The Morgan fingerprint density at radius 1 is 1.19 bits per heavy atom. The zero-order valence-electron chi connectivity index (χ0n) is 14.1. The zero-order valence-corrected chi connectivity index (χ0v) is 14.1. The molecule has 0 heterocycles. The average Bonchev–Trinajstić information content (AvgIpc) is 2.38. The molecule has 1 aromatic carbocycles. The number of ether oxygens (including phenoxy) is 1. The lowest BCUT2D eigenvalue weighted by Crippen LogP contribution is -2.49. The summed E-state index contributed by atoms with van der Waals surface area (Å²) in [6.45, 7) is 12.8. The Balaban J connectivity index is 3.00. The summed E-state index contributed by atoms with van der Waals surface area (Å²) in [6.07, 6.45) is 0. The van der Waals surface area contributed by atoms with Crippen molar-refractivity contribution in [1.82, 2.24) is 5.32 Å². The topological polar surface area (TPSA) is 38.3 Å². The lowest BCUT2D eigenvalue weighted by Gasteiger charge is -2.35. The SMILES string of the molecule is CCOC(=O)[C@@H](N[C@H](c1ccccc1)C(C)C)C(C)(C)C. The minimum atomic E-state index is -0.329. The molecule has 0 spiro atoms. The van der Waals surface area contributed by atoms with E-state index in [1.54, 1.807) is 0 Å². The van der Waals surface area contributed by atoms with Gasteiger partial charge in [0.1, 0.15) is 6.04 Å². The van der Waals surface area contributed by atoms with E-state index in [1.807, 2.05) is 25.1 Å². The molecule has 1 rings (SSSR count). The van der Waals surface area contributed by atoms with E-state index in [4.69, 9.17) is 4.74 Å². The summed E-state index contributed by atoms with van der Waals surface area (Å²) in [4.78, 5) is 12.3. The van der Waals surface area contributed by atoms with Gasteiger partial charge in [-0.1, -0.05) is 65.0 Å². The number of carbonyl (C=O) groups excluding carboxylic acids is 1. The molecule has 0 bridgehead atoms. The highest BCUT2D eigenvalue weighted by atomic mass is 16.5. The van der Waals surface area contributed by atoms with Gasteiger partial charge in [-0.3, -0.25) is 10.1 Å². The van der Waals surface area contributed by atoms with E-state index in [2.05, 4.69) is 52.1 Å². The molecule has 1 N–H and O–H groups in total. The minimum absolute atomic E-state index is 0.125. The van der Waals surface area contributed by atoms with Gasteiger partial charge in [-0.05, 0) is 23.8 Å². The normalized spacial score (nSPS) is 14.8. The summed E-state index contributed by atoms with van der Waals surface area (Å²) >= 11 is 0. The third-order valence-electron chi connectivity index (χ3n) is 3.56. The van der Waals surface area contributed by atoms with Crippen molar-refractivity contribution >= 4 is 5.97 Å². The monoisotopic (exact) mass is 291 g/mol. The Hall–Kier alpha value is -1.35. The molecule has 0 unspecified atom stereocenters. The second-order valence-electron chi connectivity index (χ2n) is 6.85. The molecule has 0 saturated carbocycles. The van der Waals surface area contributed by atoms with Crippen molar-refractivity contribution in [3.8, 4) is 0 Å². The summed E-state index contributed by atoms with van der Waals surface area (Å²) in [6, 6.07) is 10.1. The quantitative estimate of drug-likeness (QED) is 0.806. The molecule has 3 nitrogen and oxygen atoms in total. The zero-order chi connectivity index (χ0) is 16.0. The average molecular weight is 291 g/mol. The molecule has 21 heavy (non-hydrogen) atoms. The smallest absolute Gasteiger partial charge is 0.323 e. The van der Waals surface area contributed by atoms with Gasteiger partial charge in [-0.2, -0.15) is 0 Å². The second-order valence-corrected chi connectivity index (χ2v) is 6.85. The Morgan fingerprint density at radius 3 is 2.19 bits per heavy atom. The predicted molar refractivity (Wildman–Crippen MR) is 87.0 cm³/mol. The third kappa shape index (κ3) is 5.16. The van der Waals surface area contributed by atoms with Crippen LogP contribution in [0.25, 0.3) is 0 Å². The van der Waals surface area contributed by atoms with Crippen molar-refractivity contribution in [2.24, 2.45) is 11.3 Å². The van der Waals surface area contributed by atoms with Crippen molar-refractivity contribution in [3.63, 3.8) is 0 Å². The molecule has 0 amide bonds. The molecule has 0 aliphatic heterocycles. The van der Waals surface area contributed by atoms with Crippen LogP contribution in [-0.4, -0.2) is 18.6 Å². The maximum absolute atomic E-state index is 12.3. The van der Waals surface area contributed by atoms with Crippen molar-refractivity contribution in [1.29, 1.82) is 0 Å². The van der Waals surface area contributed by atoms with Gasteiger partial charge in [0.25, 0.3) is 0 Å². The first-order valence-corrected chi connectivity index (χ1v) is 7.75. The predicted octanol–water partition coefficient (Wildman–Crippen LogP) is 3.95. The fourth-order valence-corrected chi connectivity index (χ4v) is 2.41. The van der Waals surface area contributed by atoms with Crippen LogP contribution >= 0.6 is 0 Å². The number of carbonyl (C=O) groups is 1. The van der Waals surface area contributed by atoms with Gasteiger partial charge in [0.05, 0.1) is 6.61 Å². The van der Waals surface area contributed by atoms with E-state index >= 15 is 0 Å². The van der Waals surface area contributed by atoms with Gasteiger partial charge in [-0.25, -0.2) is 0 Å². The van der Waals surface area contributed by atoms with Crippen molar-refractivity contribution in [3.05, 3.63) is 35.9 Å². The Bertz CT molecular complexity index is 434. The fourth-order valence-electron chi connectivity index (χ4n) is 2.41. The fraction of sp³-hybridized carbons (Fsp3) is 0.611. The lowest BCUT2D eigenvalue weighted by atomic mass is 9.84. The summed E-state index contributed by atoms with van der Waals surface area (Å²) < 4.78 is 5.25. The molecule has 0 aliphatic carbocycles. The summed E-state index contributed by atoms with van der Waals surface area (Å²) in [7, 11) is 0. The van der Waals surface area contributed by atoms with Gasteiger partial charge >= 0.3 is 5.97 Å². The summed E-state index contributed by atoms with van der Waals surface area (Å²) in [5.41, 5.74) is 1.000. The molecule has 0 aliphatic rings.